The molecule has 0 aliphatic rings. The predicted octanol–water partition coefficient (Wildman–Crippen LogP) is 0.949. The van der Waals surface area contributed by atoms with Gasteiger partial charge in [0.2, 0.25) is 6.33 Å². The van der Waals surface area contributed by atoms with Crippen molar-refractivity contribution in [1.29, 1.82) is 0 Å². The van der Waals surface area contributed by atoms with Crippen molar-refractivity contribution in [1.82, 2.24) is 4.57 Å². The fraction of sp³-hybridized carbons (Fsp3) is 0.625. The van der Waals surface area contributed by atoms with E-state index in [1.54, 1.807) is 0 Å². The lowest BCUT2D eigenvalue weighted by Gasteiger charge is -1.88. The molecule has 0 saturated heterocycles. The summed E-state index contributed by atoms with van der Waals surface area (Å²) in [7, 11) is 2.08. The Balaban J connectivity index is 3.17. The normalized spacial score (nSPS) is 10.4. The van der Waals surface area contributed by atoms with Crippen LogP contribution in [0.5, 0.6) is 0 Å². The standard InChI is InChI=1S/C8H15N2/c1-5-10-6-9(4)7(2)8(10)3/h6H,5H2,1-4H3/q+1. The summed E-state index contributed by atoms with van der Waals surface area (Å²) in [6.07, 6.45) is 2.13. The Hall–Kier alpha value is -0.790. The molecule has 2 heteroatoms. The van der Waals surface area contributed by atoms with Gasteiger partial charge in [-0.2, -0.15) is 0 Å². The first-order valence-corrected chi connectivity index (χ1v) is 3.68. The molecule has 1 aromatic heterocycles. The zero-order chi connectivity index (χ0) is 7.72. The van der Waals surface area contributed by atoms with Gasteiger partial charge in [0.15, 0.2) is 0 Å². The zero-order valence-corrected chi connectivity index (χ0v) is 7.18. The first-order chi connectivity index (χ1) is 4.66. The Morgan fingerprint density at radius 2 is 2.10 bits per heavy atom. The van der Waals surface area contributed by atoms with Gasteiger partial charge in [-0.15, -0.1) is 0 Å². The Bertz CT molecular complexity index is 236. The second kappa shape index (κ2) is 2.45. The number of hydrogen-bond acceptors (Lipinski definition) is 0. The van der Waals surface area contributed by atoms with E-state index in [0.717, 1.165) is 6.54 Å². The Morgan fingerprint density at radius 1 is 1.50 bits per heavy atom. The van der Waals surface area contributed by atoms with Crippen LogP contribution in [0.25, 0.3) is 0 Å². The summed E-state index contributed by atoms with van der Waals surface area (Å²) in [6.45, 7) is 7.51. The van der Waals surface area contributed by atoms with Gasteiger partial charge >= 0.3 is 0 Å². The van der Waals surface area contributed by atoms with Crippen LogP contribution < -0.4 is 4.57 Å². The van der Waals surface area contributed by atoms with Gasteiger partial charge in [0.25, 0.3) is 0 Å². The van der Waals surface area contributed by atoms with Gasteiger partial charge in [0.05, 0.1) is 13.6 Å². The molecule has 0 unspecified atom stereocenters. The van der Waals surface area contributed by atoms with E-state index in [4.69, 9.17) is 0 Å². The van der Waals surface area contributed by atoms with Crippen LogP contribution in [0.1, 0.15) is 18.3 Å². The van der Waals surface area contributed by atoms with Gasteiger partial charge < -0.3 is 0 Å². The van der Waals surface area contributed by atoms with Gasteiger partial charge in [-0.1, -0.05) is 0 Å². The molecule has 56 valence electrons. The van der Waals surface area contributed by atoms with Crippen LogP contribution in [0.3, 0.4) is 0 Å². The summed E-state index contributed by atoms with van der Waals surface area (Å²) in [5.41, 5.74) is 2.71. The highest BCUT2D eigenvalue weighted by molar-refractivity contribution is 5.02. The SMILES string of the molecule is CCn1c[n+](C)c(C)c1C. The molecular formula is C8H15N2+. The second-order valence-electron chi connectivity index (χ2n) is 2.68. The quantitative estimate of drug-likeness (QED) is 0.512. The average molecular weight is 139 g/mol. The number of imidazole rings is 1. The van der Waals surface area contributed by atoms with E-state index >= 15 is 0 Å². The molecular weight excluding hydrogens is 124 g/mol. The van der Waals surface area contributed by atoms with Gasteiger partial charge in [-0.25, -0.2) is 9.13 Å². The van der Waals surface area contributed by atoms with E-state index in [0.29, 0.717) is 0 Å². The lowest BCUT2D eigenvalue weighted by molar-refractivity contribution is -0.677. The smallest absolute Gasteiger partial charge is 0.237 e. The van der Waals surface area contributed by atoms with Crippen molar-refractivity contribution < 1.29 is 4.57 Å². The van der Waals surface area contributed by atoms with Gasteiger partial charge in [-0.3, -0.25) is 0 Å². The summed E-state index contributed by atoms with van der Waals surface area (Å²) >= 11 is 0. The van der Waals surface area contributed by atoms with Crippen LogP contribution in [0.2, 0.25) is 0 Å². The fourth-order valence-electron chi connectivity index (χ4n) is 1.16. The zero-order valence-electron chi connectivity index (χ0n) is 7.18. The van der Waals surface area contributed by atoms with E-state index in [-0.39, 0.29) is 0 Å². The average Bonchev–Trinajstić information content (AvgIpc) is 2.17. The third kappa shape index (κ3) is 0.939. The summed E-state index contributed by atoms with van der Waals surface area (Å²) in [5, 5.41) is 0. The van der Waals surface area contributed by atoms with Gasteiger partial charge in [0.1, 0.15) is 11.4 Å². The van der Waals surface area contributed by atoms with E-state index in [1.165, 1.54) is 11.4 Å². The summed E-state index contributed by atoms with van der Waals surface area (Å²) in [6, 6.07) is 0. The molecule has 0 N–H and O–H groups in total. The van der Waals surface area contributed by atoms with Crippen molar-refractivity contribution in [2.75, 3.05) is 0 Å². The fourth-order valence-corrected chi connectivity index (χ4v) is 1.16. The summed E-state index contributed by atoms with van der Waals surface area (Å²) in [4.78, 5) is 0. The van der Waals surface area contributed by atoms with Crippen molar-refractivity contribution >= 4 is 0 Å². The maximum Gasteiger partial charge on any atom is 0.243 e. The highest BCUT2D eigenvalue weighted by atomic mass is 15.1. The van der Waals surface area contributed by atoms with Gasteiger partial charge in [0, 0.05) is 13.8 Å². The number of hydrogen-bond donors (Lipinski definition) is 0. The number of aryl methyl sites for hydroxylation is 2. The second-order valence-corrected chi connectivity index (χ2v) is 2.68. The number of nitrogens with zero attached hydrogens (tertiary/aromatic N) is 2. The van der Waals surface area contributed by atoms with E-state index in [1.807, 2.05) is 0 Å². The summed E-state index contributed by atoms with van der Waals surface area (Å²) in [5.74, 6) is 0. The molecule has 1 heterocycles. The van der Waals surface area contributed by atoms with Gasteiger partial charge in [-0.05, 0) is 6.92 Å². The predicted molar refractivity (Wildman–Crippen MR) is 40.8 cm³/mol. The molecule has 0 aliphatic heterocycles. The Kier molecular flexibility index (Phi) is 1.79. The molecule has 0 amide bonds. The third-order valence-corrected chi connectivity index (χ3v) is 2.14. The van der Waals surface area contributed by atoms with E-state index in [2.05, 4.69) is 43.3 Å². The van der Waals surface area contributed by atoms with Crippen molar-refractivity contribution in [2.45, 2.75) is 27.3 Å². The largest absolute Gasteiger partial charge is 0.243 e. The molecule has 1 aromatic rings. The molecule has 0 fully saturated rings. The molecule has 0 atom stereocenters. The van der Waals surface area contributed by atoms with Crippen molar-refractivity contribution in [3.63, 3.8) is 0 Å². The first kappa shape index (κ1) is 7.32. The molecule has 0 bridgehead atoms. The lowest BCUT2D eigenvalue weighted by Crippen LogP contribution is -2.28. The Labute approximate surface area is 62.1 Å². The monoisotopic (exact) mass is 139 g/mol. The molecule has 0 aliphatic carbocycles. The lowest BCUT2D eigenvalue weighted by atomic mass is 10.4. The minimum atomic E-state index is 1.06. The van der Waals surface area contributed by atoms with Crippen LogP contribution in [-0.2, 0) is 13.6 Å². The maximum atomic E-state index is 2.25. The van der Waals surface area contributed by atoms with Crippen LogP contribution >= 0.6 is 0 Å². The number of rotatable bonds is 1. The molecule has 0 aromatic carbocycles. The Morgan fingerprint density at radius 3 is 2.30 bits per heavy atom. The van der Waals surface area contributed by atoms with E-state index in [9.17, 15) is 0 Å². The molecule has 10 heavy (non-hydrogen) atoms. The molecule has 0 spiro atoms. The van der Waals surface area contributed by atoms with Crippen LogP contribution in [0.15, 0.2) is 6.33 Å². The van der Waals surface area contributed by atoms with Crippen molar-refractivity contribution in [3.8, 4) is 0 Å². The minimum absolute atomic E-state index is 1.06. The maximum absolute atomic E-state index is 2.25. The summed E-state index contributed by atoms with van der Waals surface area (Å²) < 4.78 is 4.40. The van der Waals surface area contributed by atoms with Crippen LogP contribution in [0.4, 0.5) is 0 Å². The van der Waals surface area contributed by atoms with E-state index < -0.39 is 0 Å². The van der Waals surface area contributed by atoms with Crippen LogP contribution in [0, 0.1) is 13.8 Å². The molecule has 0 radical (unpaired) electrons. The van der Waals surface area contributed by atoms with Crippen molar-refractivity contribution in [2.24, 2.45) is 7.05 Å². The molecule has 0 saturated carbocycles. The molecule has 2 nitrogen and oxygen atoms in total. The topological polar surface area (TPSA) is 8.81 Å². The molecule has 1 rings (SSSR count). The highest BCUT2D eigenvalue weighted by Crippen LogP contribution is 2.00. The van der Waals surface area contributed by atoms with Crippen LogP contribution in [-0.4, -0.2) is 4.57 Å². The first-order valence-electron chi connectivity index (χ1n) is 3.68. The number of aromatic nitrogens is 2. The van der Waals surface area contributed by atoms with Crippen molar-refractivity contribution in [3.05, 3.63) is 17.7 Å². The highest BCUT2D eigenvalue weighted by Gasteiger charge is 2.09. The minimum Gasteiger partial charge on any atom is -0.237 e. The third-order valence-electron chi connectivity index (χ3n) is 2.14.